The van der Waals surface area contributed by atoms with Gasteiger partial charge in [-0.05, 0) is 67.3 Å². The molecule has 0 spiro atoms. The lowest BCUT2D eigenvalue weighted by molar-refractivity contribution is 0.591. The third-order valence-corrected chi connectivity index (χ3v) is 6.62. The molecule has 0 amide bonds. The van der Waals surface area contributed by atoms with E-state index in [-0.39, 0.29) is 4.90 Å². The van der Waals surface area contributed by atoms with E-state index >= 15 is 0 Å². The Kier molecular flexibility index (Phi) is 3.72. The van der Waals surface area contributed by atoms with Gasteiger partial charge in [-0.25, -0.2) is 12.8 Å². The molecule has 0 saturated carbocycles. The lowest BCUT2D eigenvalue weighted by atomic mass is 10.1. The Hall–Kier alpha value is -2.08. The summed E-state index contributed by atoms with van der Waals surface area (Å²) in [6.07, 6.45) is 3.13. The quantitative estimate of drug-likeness (QED) is 0.857. The van der Waals surface area contributed by atoms with Gasteiger partial charge < -0.3 is 4.90 Å². The molecule has 6 heteroatoms. The van der Waals surface area contributed by atoms with Gasteiger partial charge in [-0.15, -0.1) is 0 Å². The molecular formula is C18H19FN2O2S. The van der Waals surface area contributed by atoms with E-state index in [9.17, 15) is 12.8 Å². The van der Waals surface area contributed by atoms with Gasteiger partial charge in [-0.3, -0.25) is 4.31 Å². The van der Waals surface area contributed by atoms with E-state index in [1.165, 1.54) is 47.1 Å². The lowest BCUT2D eigenvalue weighted by Crippen LogP contribution is -2.29. The van der Waals surface area contributed by atoms with Crippen LogP contribution in [0.25, 0.3) is 0 Å². The number of benzene rings is 2. The van der Waals surface area contributed by atoms with Crippen LogP contribution in [0.3, 0.4) is 0 Å². The molecule has 0 aliphatic carbocycles. The molecule has 0 aromatic heterocycles. The normalized spacial score (nSPS) is 17.4. The number of halogens is 1. The van der Waals surface area contributed by atoms with Crippen LogP contribution in [0.1, 0.15) is 18.4 Å². The van der Waals surface area contributed by atoms with Crippen molar-refractivity contribution >= 4 is 21.4 Å². The van der Waals surface area contributed by atoms with Crippen LogP contribution in [0.15, 0.2) is 47.4 Å². The fourth-order valence-electron chi connectivity index (χ4n) is 3.51. The summed E-state index contributed by atoms with van der Waals surface area (Å²) in [5.41, 5.74) is 2.97. The first-order chi connectivity index (χ1) is 11.6. The average molecular weight is 346 g/mol. The summed E-state index contributed by atoms with van der Waals surface area (Å²) in [4.78, 5) is 2.47. The number of hydrogen-bond donors (Lipinski definition) is 0. The van der Waals surface area contributed by atoms with Crippen LogP contribution in [0.5, 0.6) is 0 Å². The highest BCUT2D eigenvalue weighted by molar-refractivity contribution is 7.92. The Bertz CT molecular complexity index is 859. The average Bonchev–Trinajstić information content (AvgIpc) is 3.24. The Morgan fingerprint density at radius 2 is 1.62 bits per heavy atom. The summed E-state index contributed by atoms with van der Waals surface area (Å²) in [5.74, 6) is -0.439. The molecular weight excluding hydrogens is 327 g/mol. The molecule has 1 fully saturated rings. The minimum atomic E-state index is -3.65. The van der Waals surface area contributed by atoms with Gasteiger partial charge in [0.1, 0.15) is 5.82 Å². The van der Waals surface area contributed by atoms with Crippen molar-refractivity contribution in [1.82, 2.24) is 0 Å². The summed E-state index contributed by atoms with van der Waals surface area (Å²) in [7, 11) is -3.65. The molecule has 2 aromatic rings. The molecule has 0 unspecified atom stereocenters. The van der Waals surface area contributed by atoms with Crippen LogP contribution < -0.4 is 9.21 Å². The lowest BCUT2D eigenvalue weighted by Gasteiger charge is -2.21. The standard InChI is InChI=1S/C18H19FN2O2S/c19-15-3-6-17(7-4-15)24(22,23)21-12-9-14-13-16(5-8-18(14)21)20-10-1-2-11-20/h3-8,13H,1-2,9-12H2. The summed E-state index contributed by atoms with van der Waals surface area (Å²) in [5, 5.41) is 0. The third-order valence-electron chi connectivity index (χ3n) is 4.79. The Morgan fingerprint density at radius 3 is 2.33 bits per heavy atom. The first kappa shape index (κ1) is 15.4. The first-order valence-electron chi connectivity index (χ1n) is 8.22. The van der Waals surface area contributed by atoms with Crippen LogP contribution in [-0.2, 0) is 16.4 Å². The fraction of sp³-hybridized carbons (Fsp3) is 0.333. The predicted octanol–water partition coefficient (Wildman–Crippen LogP) is 3.18. The summed E-state index contributed by atoms with van der Waals surface area (Å²) in [6, 6.07) is 11.0. The molecule has 1 saturated heterocycles. The summed E-state index contributed by atoms with van der Waals surface area (Å²) in [6.45, 7) is 2.56. The van der Waals surface area contributed by atoms with Crippen LogP contribution in [0, 0.1) is 5.82 Å². The SMILES string of the molecule is O=S(=O)(c1ccc(F)cc1)N1CCc2cc(N3CCCC3)ccc21. The second-order valence-corrected chi connectivity index (χ2v) is 8.15. The molecule has 0 bridgehead atoms. The molecule has 2 heterocycles. The van der Waals surface area contributed by atoms with E-state index in [4.69, 9.17) is 0 Å². The van der Waals surface area contributed by atoms with Crippen LogP contribution >= 0.6 is 0 Å². The molecule has 2 aliphatic rings. The van der Waals surface area contributed by atoms with E-state index in [2.05, 4.69) is 11.0 Å². The van der Waals surface area contributed by atoms with Crippen molar-refractivity contribution in [3.05, 3.63) is 53.8 Å². The number of fused-ring (bicyclic) bond motifs is 1. The second-order valence-electron chi connectivity index (χ2n) is 6.29. The zero-order chi connectivity index (χ0) is 16.7. The van der Waals surface area contributed by atoms with Crippen molar-refractivity contribution in [3.63, 3.8) is 0 Å². The van der Waals surface area contributed by atoms with Crippen molar-refractivity contribution in [1.29, 1.82) is 0 Å². The van der Waals surface area contributed by atoms with Crippen molar-refractivity contribution in [2.24, 2.45) is 0 Å². The van der Waals surface area contributed by atoms with E-state index in [1.54, 1.807) is 0 Å². The molecule has 0 N–H and O–H groups in total. The highest BCUT2D eigenvalue weighted by Crippen LogP contribution is 2.36. The van der Waals surface area contributed by atoms with Gasteiger partial charge in [0, 0.05) is 25.3 Å². The predicted molar refractivity (Wildman–Crippen MR) is 92.5 cm³/mol. The third kappa shape index (κ3) is 2.55. The van der Waals surface area contributed by atoms with E-state index in [1.807, 2.05) is 12.1 Å². The number of hydrogen-bond acceptors (Lipinski definition) is 3. The van der Waals surface area contributed by atoms with Gasteiger partial charge in [-0.1, -0.05) is 0 Å². The minimum absolute atomic E-state index is 0.125. The number of nitrogens with zero attached hydrogens (tertiary/aromatic N) is 2. The molecule has 0 radical (unpaired) electrons. The molecule has 126 valence electrons. The highest BCUT2D eigenvalue weighted by Gasteiger charge is 2.31. The minimum Gasteiger partial charge on any atom is -0.372 e. The molecule has 2 aromatic carbocycles. The van der Waals surface area contributed by atoms with Crippen molar-refractivity contribution in [3.8, 4) is 0 Å². The number of sulfonamides is 1. The maximum atomic E-state index is 13.1. The second kappa shape index (κ2) is 5.77. The zero-order valence-electron chi connectivity index (χ0n) is 13.3. The molecule has 4 rings (SSSR count). The van der Waals surface area contributed by atoms with Gasteiger partial charge in [0.25, 0.3) is 10.0 Å². The van der Waals surface area contributed by atoms with Gasteiger partial charge in [0.05, 0.1) is 10.6 Å². The molecule has 0 atom stereocenters. The van der Waals surface area contributed by atoms with Crippen LogP contribution in [-0.4, -0.2) is 28.1 Å². The number of rotatable bonds is 3. The van der Waals surface area contributed by atoms with Gasteiger partial charge in [0.15, 0.2) is 0 Å². The van der Waals surface area contributed by atoms with Gasteiger partial charge >= 0.3 is 0 Å². The van der Waals surface area contributed by atoms with Crippen LogP contribution in [0.4, 0.5) is 15.8 Å². The molecule has 24 heavy (non-hydrogen) atoms. The van der Waals surface area contributed by atoms with Crippen molar-refractivity contribution < 1.29 is 12.8 Å². The maximum absolute atomic E-state index is 13.1. The van der Waals surface area contributed by atoms with Gasteiger partial charge in [0.2, 0.25) is 0 Å². The Balaban J connectivity index is 1.67. The molecule has 2 aliphatic heterocycles. The van der Waals surface area contributed by atoms with E-state index in [0.29, 0.717) is 13.0 Å². The smallest absolute Gasteiger partial charge is 0.264 e. The van der Waals surface area contributed by atoms with Crippen molar-refractivity contribution in [2.75, 3.05) is 28.8 Å². The maximum Gasteiger partial charge on any atom is 0.264 e. The van der Waals surface area contributed by atoms with Crippen LogP contribution in [0.2, 0.25) is 0 Å². The largest absolute Gasteiger partial charge is 0.372 e. The first-order valence-corrected chi connectivity index (χ1v) is 9.66. The van der Waals surface area contributed by atoms with Gasteiger partial charge in [-0.2, -0.15) is 0 Å². The summed E-state index contributed by atoms with van der Waals surface area (Å²) < 4.78 is 40.2. The Morgan fingerprint density at radius 1 is 0.917 bits per heavy atom. The zero-order valence-corrected chi connectivity index (χ0v) is 14.1. The summed E-state index contributed by atoms with van der Waals surface area (Å²) >= 11 is 0. The van der Waals surface area contributed by atoms with E-state index < -0.39 is 15.8 Å². The topological polar surface area (TPSA) is 40.6 Å². The highest BCUT2D eigenvalue weighted by atomic mass is 32.2. The number of anilines is 2. The van der Waals surface area contributed by atoms with Crippen molar-refractivity contribution in [2.45, 2.75) is 24.2 Å². The Labute approximate surface area is 141 Å². The monoisotopic (exact) mass is 346 g/mol. The molecule has 4 nitrogen and oxygen atoms in total. The fourth-order valence-corrected chi connectivity index (χ4v) is 5.02. The van der Waals surface area contributed by atoms with E-state index in [0.717, 1.165) is 24.3 Å².